The molecule has 1 fully saturated rings. The molecule has 3 N–H and O–H groups in total. The lowest BCUT2D eigenvalue weighted by atomic mass is 10.0. The summed E-state index contributed by atoms with van der Waals surface area (Å²) in [4.78, 5) is 59.5. The van der Waals surface area contributed by atoms with E-state index < -0.39 is 29.2 Å². The topological polar surface area (TPSA) is 194 Å². The molecule has 1 saturated heterocycles. The summed E-state index contributed by atoms with van der Waals surface area (Å²) in [5.41, 5.74) is 0.357. The Labute approximate surface area is 234 Å². The number of nitrogens with zero attached hydrogens (tertiary/aromatic N) is 7. The first-order valence-electron chi connectivity index (χ1n) is 11.5. The van der Waals surface area contributed by atoms with E-state index in [1.165, 1.54) is 39.9 Å². The lowest BCUT2D eigenvalue weighted by molar-refractivity contribution is -0.150. The molecule has 2 aromatic heterocycles. The lowest BCUT2D eigenvalue weighted by Crippen LogP contribution is -2.71. The van der Waals surface area contributed by atoms with Gasteiger partial charge in [-0.05, 0) is 22.4 Å². The fourth-order valence-corrected chi connectivity index (χ4v) is 6.71. The van der Waals surface area contributed by atoms with Crippen molar-refractivity contribution in [3.05, 3.63) is 35.0 Å². The Balaban J connectivity index is 1.48. The number of aromatic nitrogens is 5. The Kier molecular flexibility index (Phi) is 9.31. The van der Waals surface area contributed by atoms with Crippen molar-refractivity contribution in [3.63, 3.8) is 0 Å². The molecule has 206 valence electrons. The highest BCUT2D eigenvalue weighted by Gasteiger charge is 2.54. The largest absolute Gasteiger partial charge is 0.477 e. The zero-order chi connectivity index (χ0) is 27.9. The Morgan fingerprint density at radius 1 is 1.44 bits per heavy atom. The normalized spacial score (nSPS) is 18.7. The molecular formula is C21H23N9O6S3. The number of carbonyl (C=O) groups excluding carboxylic acids is 3. The molecule has 1 unspecified atom stereocenters. The van der Waals surface area contributed by atoms with Crippen molar-refractivity contribution in [3.8, 4) is 0 Å². The zero-order valence-electron chi connectivity index (χ0n) is 20.5. The van der Waals surface area contributed by atoms with Crippen molar-refractivity contribution in [2.45, 2.75) is 36.5 Å². The smallest absolute Gasteiger partial charge is 0.352 e. The molecule has 4 rings (SSSR count). The number of carboxylic acids is 1. The maximum atomic E-state index is 13.1. The van der Waals surface area contributed by atoms with Gasteiger partial charge in [0.15, 0.2) is 10.8 Å². The summed E-state index contributed by atoms with van der Waals surface area (Å²) in [6, 6.07) is -0.987. The monoisotopic (exact) mass is 593 g/mol. The second-order valence-electron chi connectivity index (χ2n) is 7.92. The fraction of sp³-hybridized carbons (Fsp3) is 0.381. The highest BCUT2D eigenvalue weighted by molar-refractivity contribution is 8.01. The summed E-state index contributed by atoms with van der Waals surface area (Å²) in [5, 5.41) is 32.0. The highest BCUT2D eigenvalue weighted by Crippen LogP contribution is 2.41. The Hall–Kier alpha value is -3.77. The first kappa shape index (κ1) is 28.2. The summed E-state index contributed by atoms with van der Waals surface area (Å²) >= 11 is 3.70. The van der Waals surface area contributed by atoms with Gasteiger partial charge in [0.1, 0.15) is 29.4 Å². The molecule has 0 bridgehead atoms. The minimum atomic E-state index is -1.24. The van der Waals surface area contributed by atoms with Gasteiger partial charge in [0, 0.05) is 23.4 Å². The summed E-state index contributed by atoms with van der Waals surface area (Å²) in [6.07, 6.45) is 2.72. The van der Waals surface area contributed by atoms with Crippen LogP contribution in [0.15, 0.2) is 39.6 Å². The first-order chi connectivity index (χ1) is 18.9. The number of thiazole rings is 1. The van der Waals surface area contributed by atoms with Crippen LogP contribution in [0, 0.1) is 0 Å². The summed E-state index contributed by atoms with van der Waals surface area (Å²) in [5.74, 6) is -1.93. The molecule has 2 aliphatic rings. The number of thioether (sulfide) groups is 2. The Morgan fingerprint density at radius 2 is 2.26 bits per heavy atom. The number of amides is 3. The van der Waals surface area contributed by atoms with Crippen molar-refractivity contribution in [2.75, 3.05) is 23.4 Å². The number of hydrogen-bond donors (Lipinski definition) is 3. The molecule has 0 aliphatic carbocycles. The number of nitrogens with one attached hydrogen (secondary N) is 2. The molecule has 2 aromatic rings. The van der Waals surface area contributed by atoms with Gasteiger partial charge in [-0.1, -0.05) is 36.5 Å². The number of fused-ring (bicyclic) bond motifs is 1. The van der Waals surface area contributed by atoms with Gasteiger partial charge in [-0.15, -0.1) is 28.2 Å². The zero-order valence-corrected chi connectivity index (χ0v) is 22.9. The minimum Gasteiger partial charge on any atom is -0.477 e. The van der Waals surface area contributed by atoms with Crippen molar-refractivity contribution >= 4 is 69.9 Å². The van der Waals surface area contributed by atoms with Gasteiger partial charge in [0.05, 0.1) is 0 Å². The van der Waals surface area contributed by atoms with E-state index in [0.29, 0.717) is 29.4 Å². The molecule has 0 spiro atoms. The maximum Gasteiger partial charge on any atom is 0.352 e. The fourth-order valence-electron chi connectivity index (χ4n) is 3.67. The van der Waals surface area contributed by atoms with Crippen molar-refractivity contribution in [1.82, 2.24) is 35.4 Å². The third-order valence-corrected chi connectivity index (χ3v) is 8.50. The summed E-state index contributed by atoms with van der Waals surface area (Å²) in [6.45, 7) is 6.16. The highest BCUT2D eigenvalue weighted by atomic mass is 32.2. The van der Waals surface area contributed by atoms with E-state index in [2.05, 4.69) is 42.9 Å². The van der Waals surface area contributed by atoms with E-state index in [1.807, 2.05) is 6.92 Å². The summed E-state index contributed by atoms with van der Waals surface area (Å²) < 4.78 is 1.64. The van der Waals surface area contributed by atoms with E-state index in [0.717, 1.165) is 17.8 Å². The van der Waals surface area contributed by atoms with Crippen LogP contribution in [0.4, 0.5) is 5.13 Å². The number of carbonyl (C=O) groups is 4. The van der Waals surface area contributed by atoms with E-state index in [-0.39, 0.29) is 34.6 Å². The van der Waals surface area contributed by atoms with Gasteiger partial charge in [0.25, 0.3) is 11.8 Å². The van der Waals surface area contributed by atoms with Crippen LogP contribution in [0.25, 0.3) is 0 Å². The molecule has 4 heterocycles. The van der Waals surface area contributed by atoms with Gasteiger partial charge in [0.2, 0.25) is 11.6 Å². The summed E-state index contributed by atoms with van der Waals surface area (Å²) in [7, 11) is 0. The average Bonchev–Trinajstić information content (AvgIpc) is 3.57. The number of β-lactam (4-membered cyclic amide) rings is 1. The molecule has 2 atom stereocenters. The molecular weight excluding hydrogens is 570 g/mol. The molecule has 0 aromatic carbocycles. The van der Waals surface area contributed by atoms with E-state index in [4.69, 9.17) is 4.84 Å². The molecule has 3 amide bonds. The van der Waals surface area contributed by atoms with Crippen LogP contribution in [-0.2, 0) is 30.6 Å². The molecule has 0 saturated carbocycles. The second kappa shape index (κ2) is 12.9. The third-order valence-electron chi connectivity index (χ3n) is 5.34. The quantitative estimate of drug-likeness (QED) is 0.0524. The van der Waals surface area contributed by atoms with Crippen molar-refractivity contribution in [2.24, 2.45) is 5.16 Å². The Bertz CT molecular complexity index is 1340. The van der Waals surface area contributed by atoms with Crippen molar-refractivity contribution in [1.29, 1.82) is 0 Å². The predicted molar refractivity (Wildman–Crippen MR) is 143 cm³/mol. The lowest BCUT2D eigenvalue weighted by Gasteiger charge is -2.49. The molecule has 18 heteroatoms. The van der Waals surface area contributed by atoms with Crippen LogP contribution in [-0.4, -0.2) is 94.6 Å². The molecule has 39 heavy (non-hydrogen) atoms. The van der Waals surface area contributed by atoms with Crippen molar-refractivity contribution < 1.29 is 29.1 Å². The number of tetrazole rings is 1. The first-order valence-corrected chi connectivity index (χ1v) is 14.4. The minimum absolute atomic E-state index is 0.0212. The Morgan fingerprint density at radius 3 is 2.97 bits per heavy atom. The number of hydrogen-bond acceptors (Lipinski definition) is 13. The van der Waals surface area contributed by atoms with Crippen LogP contribution in [0.5, 0.6) is 0 Å². The molecule has 15 nitrogen and oxygen atoms in total. The van der Waals surface area contributed by atoms with E-state index >= 15 is 0 Å². The third kappa shape index (κ3) is 6.12. The van der Waals surface area contributed by atoms with Gasteiger partial charge in [-0.3, -0.25) is 19.3 Å². The maximum absolute atomic E-state index is 13.1. The predicted octanol–water partition coefficient (Wildman–Crippen LogP) is 0.546. The number of oxime groups is 1. The number of carboxylic acid groups (broad SMARTS) is 1. The number of rotatable bonds is 14. The standard InChI is InChI=1S/C21H23N9O6S3/c1-3-5-29-21(25-27-28-29)39-8-11-7-37-18-14(17(33)30(18)15(11)19(34)35)24-16(32)13(26-36-6-4-2)12-9-38-20(23-12)22-10-31/h4,9-10,14,18H,2-3,5-8H2,1H3,(H,24,32)(H,34,35)(H,22,23,31)/t14?,18-/m0/s1. The van der Waals surface area contributed by atoms with Crippen LogP contribution >= 0.6 is 34.9 Å². The second-order valence-corrected chi connectivity index (χ2v) is 10.8. The number of anilines is 1. The number of aliphatic carboxylic acids is 1. The van der Waals surface area contributed by atoms with Gasteiger partial charge in [-0.25, -0.2) is 14.5 Å². The van der Waals surface area contributed by atoms with Gasteiger partial charge in [-0.2, -0.15) is 0 Å². The van der Waals surface area contributed by atoms with Crippen LogP contribution in [0.3, 0.4) is 0 Å². The number of aryl methyl sites for hydroxylation is 1. The molecule has 2 aliphatic heterocycles. The van der Waals surface area contributed by atoms with Gasteiger partial charge >= 0.3 is 5.97 Å². The van der Waals surface area contributed by atoms with Gasteiger partial charge < -0.3 is 20.6 Å². The van der Waals surface area contributed by atoms with Crippen LogP contribution in [0.2, 0.25) is 0 Å². The van der Waals surface area contributed by atoms with E-state index in [1.54, 1.807) is 4.68 Å². The van der Waals surface area contributed by atoms with Crippen LogP contribution < -0.4 is 10.6 Å². The SMILES string of the molecule is C=CCON=C(C(=O)NC1C(=O)N2C(C(=O)O)=C(CSc3nnnn3CCC)CS[C@@H]12)c1csc(NC=O)n1. The van der Waals surface area contributed by atoms with Crippen LogP contribution in [0.1, 0.15) is 19.0 Å². The average molecular weight is 594 g/mol. The van der Waals surface area contributed by atoms with E-state index in [9.17, 15) is 24.3 Å². The molecule has 0 radical (unpaired) electrons.